The SMILES string of the molecule is N#Cc1ccccc1-c1cc(-n2c3ccccc3c3cc(-c4cc(-c5cnc(-c6ccc7c8ccc(-c9ncccn9)cc8n(-c8cnc(-n9c%10cc(-c%11ncccn%11)ccc%10c%10ccc(-c%11ncccn%11)cc%109)cc8-c8ccccc8C#N)c7c6)nc5)cc(-c5ccccc5)n4)ccc32)ncc1-n1c2ccccc2c2cc(-c3cccc(-c4ccccc4)n3)ccc21. The van der Waals surface area contributed by atoms with Gasteiger partial charge in [-0.25, -0.2) is 59.8 Å². The molecule has 12 aromatic carbocycles. The van der Waals surface area contributed by atoms with Crippen LogP contribution < -0.4 is 0 Å². The largest absolute Gasteiger partial charge is 0.307 e. The molecule has 0 N–H and O–H groups in total. The lowest BCUT2D eigenvalue weighted by molar-refractivity contribution is 1.05. The van der Waals surface area contributed by atoms with Crippen molar-refractivity contribution in [3.8, 4) is 159 Å². The number of nitrogens with zero attached hydrogens (tertiary/aromatic N) is 18. The second-order valence-electron chi connectivity index (χ2n) is 31.5. The van der Waals surface area contributed by atoms with E-state index >= 15 is 0 Å². The van der Waals surface area contributed by atoms with Crippen molar-refractivity contribution in [1.29, 1.82) is 10.5 Å². The molecule has 0 saturated carbocycles. The summed E-state index contributed by atoms with van der Waals surface area (Å²) < 4.78 is 8.90. The third-order valence-electron chi connectivity index (χ3n) is 24.3. The number of rotatable bonds is 15. The maximum Gasteiger partial charge on any atom is 0.159 e. The monoisotopic (exact) mass is 1640 g/mol. The lowest BCUT2D eigenvalue weighted by atomic mass is 9.99. The van der Waals surface area contributed by atoms with Crippen LogP contribution in [-0.4, -0.2) is 78.1 Å². The van der Waals surface area contributed by atoms with Crippen molar-refractivity contribution in [2.75, 3.05) is 0 Å². The molecule has 0 saturated heterocycles. The van der Waals surface area contributed by atoms with Crippen molar-refractivity contribution in [2.45, 2.75) is 0 Å². The molecule has 0 aliphatic heterocycles. The summed E-state index contributed by atoms with van der Waals surface area (Å²) in [5.41, 5.74) is 25.1. The maximum absolute atomic E-state index is 11.1. The second kappa shape index (κ2) is 30.4. The molecule has 24 aromatic rings. The van der Waals surface area contributed by atoms with Gasteiger partial charge < -0.3 is 9.13 Å². The summed E-state index contributed by atoms with van der Waals surface area (Å²) in [6, 6.07) is 116. The number of aromatic nitrogens is 16. The van der Waals surface area contributed by atoms with Crippen molar-refractivity contribution in [1.82, 2.24) is 78.1 Å². The molecule has 18 heteroatoms. The Morgan fingerprint density at radius 1 is 0.195 bits per heavy atom. The minimum Gasteiger partial charge on any atom is -0.307 e. The first-order valence-electron chi connectivity index (χ1n) is 41.9. The minimum absolute atomic E-state index is 0.482. The van der Waals surface area contributed by atoms with Crippen LogP contribution in [0.15, 0.2) is 390 Å². The van der Waals surface area contributed by atoms with Crippen LogP contribution in [-0.2, 0) is 0 Å². The molecule has 594 valence electrons. The lowest BCUT2D eigenvalue weighted by Gasteiger charge is -2.17. The fourth-order valence-corrected chi connectivity index (χ4v) is 18.3. The van der Waals surface area contributed by atoms with E-state index in [1.807, 2.05) is 128 Å². The number of nitriles is 2. The van der Waals surface area contributed by atoms with E-state index < -0.39 is 0 Å². The van der Waals surface area contributed by atoms with E-state index in [1.54, 1.807) is 37.2 Å². The van der Waals surface area contributed by atoms with Crippen molar-refractivity contribution < 1.29 is 0 Å². The molecule has 0 radical (unpaired) electrons. The molecular formula is C110H64N18. The summed E-state index contributed by atoms with van der Waals surface area (Å²) in [6.45, 7) is 0. The van der Waals surface area contributed by atoms with E-state index in [0.717, 1.165) is 188 Å². The Bertz CT molecular complexity index is 8620. The standard InChI is InChI=1S/C110H64N18/c111-61-75-23-7-9-25-79(75)89-59-105(119-65-103(89)125-95-31-13-11-27-81(95)87-51-69(37-43-97(87)125)92-30-15-29-91(123-92)67-19-3-1-4-20-67)127-96-32-14-12-28-82(96)88-52-70(38-44-98(88)127)94-54-77(53-93(124-94)68-21-5-2-6-22-68)78-63-121-110(122-64-78)74-36-40-84-83-39-33-71(107-113-45-16-46-114-107)55-99(83)126(100(84)56-74)104-66-120-106(60-90(104)80-26-10-8-24-76(80)62-112)128-101-57-72(108-115-47-17-48-116-108)34-41-85(101)86-42-35-73(58-102(86)128)109-117-49-18-50-118-109/h1-60,63-66H. The Hall–Kier alpha value is -18.3. The van der Waals surface area contributed by atoms with Gasteiger partial charge in [0.1, 0.15) is 11.6 Å². The van der Waals surface area contributed by atoms with Crippen LogP contribution in [0.25, 0.3) is 234 Å². The molecule has 24 rings (SSSR count). The number of benzene rings is 12. The molecule has 12 aromatic heterocycles. The lowest BCUT2D eigenvalue weighted by Crippen LogP contribution is -2.04. The highest BCUT2D eigenvalue weighted by Crippen LogP contribution is 2.46. The van der Waals surface area contributed by atoms with Crippen molar-refractivity contribution in [3.63, 3.8) is 0 Å². The third-order valence-corrected chi connectivity index (χ3v) is 24.3. The number of hydrogen-bond acceptors (Lipinski definition) is 14. The Balaban J connectivity index is 0.624. The Kier molecular flexibility index (Phi) is 17.5. The van der Waals surface area contributed by atoms with Gasteiger partial charge >= 0.3 is 0 Å². The maximum atomic E-state index is 11.1. The van der Waals surface area contributed by atoms with E-state index in [0.29, 0.717) is 57.3 Å². The second-order valence-corrected chi connectivity index (χ2v) is 31.5. The smallest absolute Gasteiger partial charge is 0.159 e. The average molecular weight is 1640 g/mol. The first kappa shape index (κ1) is 73.6. The van der Waals surface area contributed by atoms with Gasteiger partial charge in [0.25, 0.3) is 0 Å². The first-order valence-corrected chi connectivity index (χ1v) is 41.9. The molecule has 0 spiro atoms. The highest BCUT2D eigenvalue weighted by Gasteiger charge is 2.27. The minimum atomic E-state index is 0.482. The summed E-state index contributed by atoms with van der Waals surface area (Å²) in [5.74, 6) is 3.53. The Morgan fingerprint density at radius 2 is 0.539 bits per heavy atom. The molecule has 0 atom stereocenters. The molecule has 0 fully saturated rings. The molecule has 128 heavy (non-hydrogen) atoms. The Morgan fingerprint density at radius 3 is 1.02 bits per heavy atom. The summed E-state index contributed by atoms with van der Waals surface area (Å²) in [7, 11) is 0. The van der Waals surface area contributed by atoms with Crippen LogP contribution in [0.4, 0.5) is 0 Å². The highest BCUT2D eigenvalue weighted by atomic mass is 15.1. The van der Waals surface area contributed by atoms with Gasteiger partial charge in [-0.05, 0) is 133 Å². The Labute approximate surface area is 731 Å². The van der Waals surface area contributed by atoms with E-state index in [-0.39, 0.29) is 0 Å². The van der Waals surface area contributed by atoms with Crippen molar-refractivity contribution in [3.05, 3.63) is 401 Å². The summed E-state index contributed by atoms with van der Waals surface area (Å²) in [6.07, 6.45) is 18.1. The van der Waals surface area contributed by atoms with Crippen molar-refractivity contribution in [2.24, 2.45) is 0 Å². The number of para-hydroxylation sites is 2. The van der Waals surface area contributed by atoms with E-state index in [9.17, 15) is 10.5 Å². The van der Waals surface area contributed by atoms with E-state index in [4.69, 9.17) is 39.9 Å². The average Bonchev–Trinajstić information content (AvgIpc) is 1.57. The normalized spacial score (nSPS) is 11.6. The molecule has 0 bridgehead atoms. The number of fused-ring (bicyclic) bond motifs is 12. The van der Waals surface area contributed by atoms with Crippen LogP contribution in [0.3, 0.4) is 0 Å². The number of pyridine rings is 4. The number of hydrogen-bond donors (Lipinski definition) is 0. The van der Waals surface area contributed by atoms with Crippen LogP contribution in [0.2, 0.25) is 0 Å². The fraction of sp³-hybridized carbons (Fsp3) is 0. The third kappa shape index (κ3) is 12.5. The molecular weight excluding hydrogens is 1570 g/mol. The predicted octanol–water partition coefficient (Wildman–Crippen LogP) is 24.9. The molecule has 0 aliphatic carbocycles. The molecule has 0 unspecified atom stereocenters. The molecule has 12 heterocycles. The van der Waals surface area contributed by atoms with Crippen LogP contribution in [0, 0.1) is 22.7 Å². The van der Waals surface area contributed by atoms with Crippen molar-refractivity contribution >= 4 is 87.2 Å². The van der Waals surface area contributed by atoms with Gasteiger partial charge in [-0.15, -0.1) is 0 Å². The van der Waals surface area contributed by atoms with Gasteiger partial charge in [-0.2, -0.15) is 10.5 Å². The van der Waals surface area contributed by atoms with Crippen LogP contribution in [0.1, 0.15) is 11.1 Å². The summed E-state index contributed by atoms with van der Waals surface area (Å²) in [5, 5.41) is 30.1. The van der Waals surface area contributed by atoms with Gasteiger partial charge in [0, 0.05) is 165 Å². The van der Waals surface area contributed by atoms with E-state index in [1.165, 1.54) is 0 Å². The zero-order valence-electron chi connectivity index (χ0n) is 68.0. The van der Waals surface area contributed by atoms with Gasteiger partial charge in [-0.1, -0.05) is 200 Å². The van der Waals surface area contributed by atoms with Gasteiger partial charge in [0.05, 0.1) is 114 Å². The van der Waals surface area contributed by atoms with Gasteiger partial charge in [0.15, 0.2) is 23.3 Å². The zero-order chi connectivity index (χ0) is 84.9. The van der Waals surface area contributed by atoms with Gasteiger partial charge in [0.2, 0.25) is 0 Å². The van der Waals surface area contributed by atoms with E-state index in [2.05, 4.69) is 275 Å². The topological polar surface area (TPSA) is 222 Å². The first-order chi connectivity index (χ1) is 63.4. The molecule has 18 nitrogen and oxygen atoms in total. The predicted molar refractivity (Wildman–Crippen MR) is 507 cm³/mol. The highest BCUT2D eigenvalue weighted by molar-refractivity contribution is 6.15. The summed E-state index contributed by atoms with van der Waals surface area (Å²) >= 11 is 0. The quantitative estimate of drug-likeness (QED) is 0.0931. The fourth-order valence-electron chi connectivity index (χ4n) is 18.3. The van der Waals surface area contributed by atoms with Gasteiger partial charge in [-0.3, -0.25) is 9.13 Å². The van der Waals surface area contributed by atoms with Crippen LogP contribution >= 0.6 is 0 Å². The summed E-state index contributed by atoms with van der Waals surface area (Å²) in [4.78, 5) is 60.1. The molecule has 0 aliphatic rings. The zero-order valence-corrected chi connectivity index (χ0v) is 68.0. The molecule has 0 amide bonds. The van der Waals surface area contributed by atoms with Crippen LogP contribution in [0.5, 0.6) is 0 Å².